The molecule has 0 N–H and O–H groups in total. The number of ketones is 1. The number of aromatic nitrogens is 2. The lowest BCUT2D eigenvalue weighted by Crippen LogP contribution is -2.05. The molecule has 0 bridgehead atoms. The predicted molar refractivity (Wildman–Crippen MR) is 69.6 cm³/mol. The molecule has 0 aliphatic carbocycles. The lowest BCUT2D eigenvalue weighted by Gasteiger charge is -2.01. The second-order valence-corrected chi connectivity index (χ2v) is 4.82. The van der Waals surface area contributed by atoms with Crippen LogP contribution in [0.2, 0.25) is 10.4 Å². The molecule has 17 heavy (non-hydrogen) atoms. The molecule has 0 unspecified atom stereocenters. The molecule has 2 rings (SSSR count). The third-order valence-corrected chi connectivity index (χ3v) is 2.90. The molecule has 0 amide bonds. The number of benzene rings is 1. The fourth-order valence-corrected chi connectivity index (χ4v) is 1.93. The summed E-state index contributed by atoms with van der Waals surface area (Å²) in [7, 11) is 0. The predicted octanol–water partition coefficient (Wildman–Crippen LogP) is 3.78. The molecule has 2 aromatic rings. The molecular weight excluding hydrogens is 327 g/mol. The van der Waals surface area contributed by atoms with E-state index in [1.807, 2.05) is 0 Å². The summed E-state index contributed by atoms with van der Waals surface area (Å²) in [5.41, 5.74) is 0.691. The number of halogens is 3. The van der Waals surface area contributed by atoms with E-state index < -0.39 is 0 Å². The van der Waals surface area contributed by atoms with Crippen LogP contribution in [0.25, 0.3) is 0 Å². The Kier molecular flexibility index (Phi) is 3.76. The van der Waals surface area contributed by atoms with Crippen molar-refractivity contribution in [3.8, 4) is 0 Å². The molecule has 0 fully saturated rings. The van der Waals surface area contributed by atoms with Crippen LogP contribution in [0.4, 0.5) is 0 Å². The first-order valence-corrected chi connectivity index (χ1v) is 6.11. The van der Waals surface area contributed by atoms with Gasteiger partial charge in [-0.1, -0.05) is 27.5 Å². The van der Waals surface area contributed by atoms with Crippen LogP contribution in [0.3, 0.4) is 0 Å². The summed E-state index contributed by atoms with van der Waals surface area (Å²) in [5.74, 6) is -0.247. The van der Waals surface area contributed by atoms with Crippen molar-refractivity contribution < 1.29 is 4.79 Å². The van der Waals surface area contributed by atoms with E-state index in [1.54, 1.807) is 24.3 Å². The Morgan fingerprint density at radius 3 is 2.35 bits per heavy atom. The van der Waals surface area contributed by atoms with Gasteiger partial charge in [-0.25, -0.2) is 9.97 Å². The fraction of sp³-hybridized carbons (Fsp3) is 0. The maximum Gasteiger partial charge on any atom is 0.224 e. The van der Waals surface area contributed by atoms with E-state index in [4.69, 9.17) is 23.2 Å². The van der Waals surface area contributed by atoms with Crippen molar-refractivity contribution in [3.05, 3.63) is 56.5 Å². The second-order valence-electron chi connectivity index (χ2n) is 3.18. The minimum atomic E-state index is -0.247. The standard InChI is InChI=1S/C11H5BrCl2N2O/c12-7-3-1-6(2-4-7)10(17)8-5-9(13)16-11(14)15-8/h1-5H. The van der Waals surface area contributed by atoms with Gasteiger partial charge in [0.15, 0.2) is 0 Å². The van der Waals surface area contributed by atoms with Gasteiger partial charge in [0.25, 0.3) is 0 Å². The topological polar surface area (TPSA) is 42.9 Å². The molecule has 0 spiro atoms. The maximum absolute atomic E-state index is 12.0. The van der Waals surface area contributed by atoms with Crippen molar-refractivity contribution in [1.82, 2.24) is 9.97 Å². The molecule has 0 aliphatic heterocycles. The Hall–Kier alpha value is -0.970. The second kappa shape index (κ2) is 5.12. The molecular formula is C11H5BrCl2N2O. The Morgan fingerprint density at radius 1 is 1.12 bits per heavy atom. The average Bonchev–Trinajstić information content (AvgIpc) is 2.28. The third-order valence-electron chi connectivity index (χ3n) is 2.01. The van der Waals surface area contributed by atoms with Crippen LogP contribution in [0, 0.1) is 0 Å². The molecule has 0 atom stereocenters. The van der Waals surface area contributed by atoms with Gasteiger partial charge in [-0.3, -0.25) is 4.79 Å². The summed E-state index contributed by atoms with van der Waals surface area (Å²) in [6.45, 7) is 0. The number of nitrogens with zero attached hydrogens (tertiary/aromatic N) is 2. The van der Waals surface area contributed by atoms with E-state index in [9.17, 15) is 4.79 Å². The highest BCUT2D eigenvalue weighted by atomic mass is 79.9. The SMILES string of the molecule is O=C(c1ccc(Br)cc1)c1cc(Cl)nc(Cl)n1. The highest BCUT2D eigenvalue weighted by Gasteiger charge is 2.12. The summed E-state index contributed by atoms with van der Waals surface area (Å²) in [6, 6.07) is 8.32. The minimum Gasteiger partial charge on any atom is -0.287 e. The molecule has 6 heteroatoms. The third kappa shape index (κ3) is 3.03. The quantitative estimate of drug-likeness (QED) is 0.478. The molecule has 1 aromatic carbocycles. The lowest BCUT2D eigenvalue weighted by molar-refractivity contribution is 0.103. The monoisotopic (exact) mass is 330 g/mol. The van der Waals surface area contributed by atoms with Gasteiger partial charge in [0.05, 0.1) is 0 Å². The Bertz CT molecular complexity index is 552. The van der Waals surface area contributed by atoms with Gasteiger partial charge in [-0.15, -0.1) is 0 Å². The Labute approximate surface area is 116 Å². The first-order valence-electron chi connectivity index (χ1n) is 4.56. The summed E-state index contributed by atoms with van der Waals surface area (Å²) in [6.07, 6.45) is 0. The number of carbonyl (C=O) groups is 1. The molecule has 86 valence electrons. The van der Waals surface area contributed by atoms with Crippen LogP contribution in [0.15, 0.2) is 34.8 Å². The van der Waals surface area contributed by atoms with Crippen LogP contribution in [-0.2, 0) is 0 Å². The van der Waals surface area contributed by atoms with Gasteiger partial charge in [0.1, 0.15) is 10.8 Å². The molecule has 0 radical (unpaired) electrons. The molecule has 3 nitrogen and oxygen atoms in total. The minimum absolute atomic E-state index is 0.0436. The number of hydrogen-bond donors (Lipinski definition) is 0. The van der Waals surface area contributed by atoms with E-state index in [0.29, 0.717) is 5.56 Å². The van der Waals surface area contributed by atoms with Gasteiger partial charge >= 0.3 is 0 Å². The Morgan fingerprint density at radius 2 is 1.76 bits per heavy atom. The van der Waals surface area contributed by atoms with Crippen LogP contribution < -0.4 is 0 Å². The van der Waals surface area contributed by atoms with Crippen LogP contribution in [0.5, 0.6) is 0 Å². The zero-order valence-corrected chi connectivity index (χ0v) is 11.4. The van der Waals surface area contributed by atoms with Crippen molar-refractivity contribution in [1.29, 1.82) is 0 Å². The molecule has 0 aliphatic rings. The van der Waals surface area contributed by atoms with Crippen LogP contribution >= 0.6 is 39.1 Å². The van der Waals surface area contributed by atoms with Gasteiger partial charge in [0, 0.05) is 16.1 Å². The van der Waals surface area contributed by atoms with E-state index >= 15 is 0 Å². The fourth-order valence-electron chi connectivity index (χ4n) is 1.26. The van der Waals surface area contributed by atoms with Gasteiger partial charge in [0.2, 0.25) is 11.1 Å². The summed E-state index contributed by atoms with van der Waals surface area (Å²) >= 11 is 14.6. The summed E-state index contributed by atoms with van der Waals surface area (Å²) in [5, 5.41) is 0.100. The number of hydrogen-bond acceptors (Lipinski definition) is 3. The van der Waals surface area contributed by atoms with Crippen molar-refractivity contribution in [3.63, 3.8) is 0 Å². The highest BCUT2D eigenvalue weighted by Crippen LogP contribution is 2.16. The summed E-state index contributed by atoms with van der Waals surface area (Å²) in [4.78, 5) is 19.6. The van der Waals surface area contributed by atoms with Crippen molar-refractivity contribution in [2.75, 3.05) is 0 Å². The molecule has 1 aromatic heterocycles. The van der Waals surface area contributed by atoms with Gasteiger partial charge in [-0.05, 0) is 35.9 Å². The van der Waals surface area contributed by atoms with Gasteiger partial charge in [-0.2, -0.15) is 0 Å². The largest absolute Gasteiger partial charge is 0.287 e. The van der Waals surface area contributed by atoms with E-state index in [2.05, 4.69) is 25.9 Å². The van der Waals surface area contributed by atoms with Crippen LogP contribution in [-0.4, -0.2) is 15.8 Å². The first-order chi connectivity index (χ1) is 8.06. The van der Waals surface area contributed by atoms with Crippen molar-refractivity contribution in [2.45, 2.75) is 0 Å². The number of rotatable bonds is 2. The average molecular weight is 332 g/mol. The smallest absolute Gasteiger partial charge is 0.224 e. The van der Waals surface area contributed by atoms with E-state index in [0.717, 1.165) is 4.47 Å². The van der Waals surface area contributed by atoms with E-state index in [1.165, 1.54) is 6.07 Å². The zero-order chi connectivity index (χ0) is 12.4. The highest BCUT2D eigenvalue weighted by molar-refractivity contribution is 9.10. The van der Waals surface area contributed by atoms with Gasteiger partial charge < -0.3 is 0 Å². The molecule has 0 saturated heterocycles. The van der Waals surface area contributed by atoms with Crippen molar-refractivity contribution in [2.24, 2.45) is 0 Å². The molecule has 0 saturated carbocycles. The summed E-state index contributed by atoms with van der Waals surface area (Å²) < 4.78 is 0.896. The molecule has 1 heterocycles. The van der Waals surface area contributed by atoms with Crippen LogP contribution in [0.1, 0.15) is 16.1 Å². The Balaban J connectivity index is 2.40. The number of carbonyl (C=O) groups excluding carboxylic acids is 1. The van der Waals surface area contributed by atoms with E-state index in [-0.39, 0.29) is 21.9 Å². The normalized spacial score (nSPS) is 10.3. The first kappa shape index (κ1) is 12.5. The maximum atomic E-state index is 12.0. The van der Waals surface area contributed by atoms with Crippen molar-refractivity contribution >= 4 is 44.9 Å². The lowest BCUT2D eigenvalue weighted by atomic mass is 10.1. The zero-order valence-electron chi connectivity index (χ0n) is 8.32.